The molecule has 2 aliphatic heterocycles. The first-order valence-electron chi connectivity index (χ1n) is 49.9. The van der Waals surface area contributed by atoms with E-state index >= 15 is 0 Å². The number of phosphoric acid groups is 1. The number of phosphoric ester groups is 1. The van der Waals surface area contributed by atoms with Crippen LogP contribution < -0.4 is 10.6 Å². The van der Waals surface area contributed by atoms with Gasteiger partial charge in [-0.1, -0.05) is 388 Å². The Morgan fingerprint density at radius 3 is 0.900 bits per heavy atom. The van der Waals surface area contributed by atoms with E-state index in [9.17, 15) is 63.5 Å². The molecule has 2 aliphatic rings. The zero-order chi connectivity index (χ0) is 87.7. The second kappa shape index (κ2) is 76.8. The van der Waals surface area contributed by atoms with Gasteiger partial charge in [0.05, 0.1) is 32.5 Å². The molecular formula is C96H181N2O21P. The van der Waals surface area contributed by atoms with E-state index in [1.54, 1.807) is 0 Å². The van der Waals surface area contributed by atoms with Crippen LogP contribution in [0.1, 0.15) is 485 Å². The molecule has 23 nitrogen and oxygen atoms in total. The molecule has 2 heterocycles. The van der Waals surface area contributed by atoms with Crippen LogP contribution in [0, 0.1) is 0 Å². The first-order valence-corrected chi connectivity index (χ1v) is 51.4. The number of aliphatic hydroxyl groups is 4. The number of rotatable bonds is 84. The van der Waals surface area contributed by atoms with E-state index in [4.69, 9.17) is 37.7 Å². The molecular weight excluding hydrogens is 1550 g/mol. The van der Waals surface area contributed by atoms with Crippen LogP contribution in [-0.4, -0.2) is 159 Å². The Bertz CT molecular complexity index is 2510. The Hall–Kier alpha value is -3.35. The summed E-state index contributed by atoms with van der Waals surface area (Å²) in [5.74, 6) is -3.84. The van der Waals surface area contributed by atoms with Crippen LogP contribution in [0.5, 0.6) is 0 Å². The minimum absolute atomic E-state index is 0.124. The second-order valence-corrected chi connectivity index (χ2v) is 36.7. The molecule has 0 aromatic heterocycles. The molecule has 24 heteroatoms. The lowest BCUT2D eigenvalue weighted by molar-refractivity contribution is -0.297. The van der Waals surface area contributed by atoms with Crippen LogP contribution in [0.2, 0.25) is 0 Å². The summed E-state index contributed by atoms with van der Waals surface area (Å²) in [5, 5.41) is 51.8. The molecule has 13 atom stereocenters. The third-order valence-electron chi connectivity index (χ3n) is 24.1. The SMILES string of the molecule is CCCCCCCCCCCCCCCC(=O)O[C@H](CCCCCCCCCCC)CC(=O)NC1C(O)OC(CO[C@@H]2OC(CO)[C@@H](OP(=O)(O)O)C(OC(=O)C[C@@H](CCCCCCCCCCC)OC(=O)CCCCCCCCCCCCC)[C@@H]2NC(=O)C[C@@H](CCCCCCCCCCC)OC(=O)CCCCCCCCCCC)[C@@H](O)[C@@H]1O. The number of hydrogen-bond acceptors (Lipinski definition) is 19. The summed E-state index contributed by atoms with van der Waals surface area (Å²) in [6, 6.07) is -3.37. The number of hydrogen-bond donors (Lipinski definition) is 8. The number of amides is 2. The standard InChI is InChI=1S/C96H181N2O21P/c1-7-13-19-25-31-37-39-40-42-48-54-59-65-70-85(102)113-78(67-61-55-49-43-33-27-21-15-9-3)73-83(100)97-89-92(107)91(106)82(116-95(89)108)77-112-96-90(98-84(101)74-79(68-62-56-50-44-34-28-22-16-10-4)114-86(103)71-64-58-52-46-36-30-24-18-12-6)94(93(81(76-99)117-96)119-120(109,110)111)118-88(105)75-80(69-63-57-51-45-35-29-23-17-11-5)115-87(104)72-66-60-53-47-41-38-32-26-20-14-8-2/h78-82,89-96,99,106-108H,7-77H2,1-6H3,(H,97,100)(H,98,101)(H2,109,110,111)/t78-,79-,80-,81?,82?,89?,90+,91-,92-,93-,94?,95?,96-/m1/s1. The molecule has 0 radical (unpaired) electrons. The molecule has 8 N–H and O–H groups in total. The molecule has 120 heavy (non-hydrogen) atoms. The first kappa shape index (κ1) is 113. The molecule has 2 rings (SSSR count). The molecule has 0 spiro atoms. The molecule has 2 saturated heterocycles. The van der Waals surface area contributed by atoms with Crippen LogP contribution in [0.25, 0.3) is 0 Å². The van der Waals surface area contributed by atoms with Crippen LogP contribution in [-0.2, 0) is 71.0 Å². The van der Waals surface area contributed by atoms with Gasteiger partial charge in [-0.2, -0.15) is 0 Å². The summed E-state index contributed by atoms with van der Waals surface area (Å²) >= 11 is 0. The van der Waals surface area contributed by atoms with Crippen molar-refractivity contribution >= 4 is 43.5 Å². The van der Waals surface area contributed by atoms with Crippen LogP contribution in [0.3, 0.4) is 0 Å². The number of ether oxygens (including phenoxy) is 7. The zero-order valence-corrected chi connectivity index (χ0v) is 77.9. The van der Waals surface area contributed by atoms with Gasteiger partial charge in [0.15, 0.2) is 18.7 Å². The van der Waals surface area contributed by atoms with Gasteiger partial charge < -0.3 is 74.0 Å². The highest BCUT2D eigenvalue weighted by molar-refractivity contribution is 7.46. The van der Waals surface area contributed by atoms with Gasteiger partial charge in [-0.05, 0) is 57.8 Å². The van der Waals surface area contributed by atoms with Crippen molar-refractivity contribution in [2.45, 2.75) is 564 Å². The van der Waals surface area contributed by atoms with Crippen molar-refractivity contribution in [2.75, 3.05) is 13.2 Å². The van der Waals surface area contributed by atoms with E-state index in [0.717, 1.165) is 173 Å². The number of esters is 4. The highest BCUT2D eigenvalue weighted by Gasteiger charge is 2.53. The van der Waals surface area contributed by atoms with Gasteiger partial charge in [0.1, 0.15) is 60.9 Å². The van der Waals surface area contributed by atoms with E-state index in [1.165, 1.54) is 173 Å². The topological polar surface area (TPSA) is 339 Å². The lowest BCUT2D eigenvalue weighted by Gasteiger charge is -2.46. The van der Waals surface area contributed by atoms with E-state index in [0.29, 0.717) is 51.4 Å². The third kappa shape index (κ3) is 60.3. The maximum atomic E-state index is 15.0. The number of unbranched alkanes of at least 4 members (excludes halogenated alkanes) is 54. The van der Waals surface area contributed by atoms with E-state index in [2.05, 4.69) is 52.2 Å². The lowest BCUT2D eigenvalue weighted by atomic mass is 9.95. The minimum atomic E-state index is -5.58. The summed E-state index contributed by atoms with van der Waals surface area (Å²) in [7, 11) is -5.58. The van der Waals surface area contributed by atoms with Crippen molar-refractivity contribution in [3.63, 3.8) is 0 Å². The summed E-state index contributed by atoms with van der Waals surface area (Å²) in [4.78, 5) is 106. The fourth-order valence-electron chi connectivity index (χ4n) is 16.7. The number of carbonyl (C=O) groups excluding carboxylic acids is 6. The molecule has 5 unspecified atom stereocenters. The van der Waals surface area contributed by atoms with Gasteiger partial charge in [0.2, 0.25) is 11.8 Å². The van der Waals surface area contributed by atoms with Gasteiger partial charge in [0.25, 0.3) is 0 Å². The molecule has 0 saturated carbocycles. The number of nitrogens with one attached hydrogen (secondary N) is 2. The van der Waals surface area contributed by atoms with Gasteiger partial charge in [-0.3, -0.25) is 33.3 Å². The van der Waals surface area contributed by atoms with Crippen LogP contribution >= 0.6 is 7.82 Å². The predicted molar refractivity (Wildman–Crippen MR) is 478 cm³/mol. The molecule has 0 bridgehead atoms. The Kier molecular flexibility index (Phi) is 72.2. The zero-order valence-electron chi connectivity index (χ0n) is 77.0. The normalized spacial score (nSPS) is 20.2. The van der Waals surface area contributed by atoms with Gasteiger partial charge in [-0.15, -0.1) is 0 Å². The summed E-state index contributed by atoms with van der Waals surface area (Å²) in [6.45, 7) is 11.4. The van der Waals surface area contributed by atoms with Gasteiger partial charge in [-0.25, -0.2) is 4.57 Å². The van der Waals surface area contributed by atoms with Crippen molar-refractivity contribution in [1.29, 1.82) is 0 Å². The van der Waals surface area contributed by atoms with Crippen molar-refractivity contribution in [3.05, 3.63) is 0 Å². The van der Waals surface area contributed by atoms with E-state index in [-0.39, 0.29) is 32.1 Å². The smallest absolute Gasteiger partial charge is 0.462 e. The summed E-state index contributed by atoms with van der Waals surface area (Å²) in [6.07, 6.45) is 46.8. The Balaban J connectivity index is 2.56. The van der Waals surface area contributed by atoms with Crippen molar-refractivity contribution in [3.8, 4) is 0 Å². The maximum Gasteiger partial charge on any atom is 0.470 e. The Labute approximate surface area is 729 Å². The second-order valence-electron chi connectivity index (χ2n) is 35.5. The van der Waals surface area contributed by atoms with Crippen LogP contribution in [0.4, 0.5) is 0 Å². The number of aliphatic hydroxyl groups excluding tert-OH is 4. The summed E-state index contributed by atoms with van der Waals surface area (Å²) in [5.41, 5.74) is 0. The lowest BCUT2D eigenvalue weighted by Crippen LogP contribution is -2.67. The predicted octanol–water partition coefficient (Wildman–Crippen LogP) is 22.3. The molecule has 0 aromatic carbocycles. The minimum Gasteiger partial charge on any atom is -0.462 e. The van der Waals surface area contributed by atoms with Crippen molar-refractivity contribution < 1.29 is 101 Å². The maximum absolute atomic E-state index is 15.0. The van der Waals surface area contributed by atoms with Crippen LogP contribution in [0.15, 0.2) is 0 Å². The highest BCUT2D eigenvalue weighted by Crippen LogP contribution is 2.43. The van der Waals surface area contributed by atoms with Crippen molar-refractivity contribution in [2.24, 2.45) is 0 Å². The third-order valence-corrected chi connectivity index (χ3v) is 24.6. The van der Waals surface area contributed by atoms with Gasteiger partial charge in [0, 0.05) is 19.3 Å². The fraction of sp³-hybridized carbons (Fsp3) is 0.938. The Morgan fingerprint density at radius 2 is 0.608 bits per heavy atom. The highest BCUT2D eigenvalue weighted by atomic mass is 31.2. The van der Waals surface area contributed by atoms with E-state index < -0.39 is 149 Å². The molecule has 0 aromatic rings. The number of carbonyl (C=O) groups is 6. The largest absolute Gasteiger partial charge is 0.470 e. The first-order chi connectivity index (χ1) is 58.2. The van der Waals surface area contributed by atoms with Gasteiger partial charge >= 0.3 is 31.7 Å². The molecule has 0 aliphatic carbocycles. The van der Waals surface area contributed by atoms with Crippen molar-refractivity contribution in [1.82, 2.24) is 10.6 Å². The average molecular weight is 1730 g/mol. The molecule has 2 fully saturated rings. The fourth-order valence-corrected chi connectivity index (χ4v) is 17.3. The summed E-state index contributed by atoms with van der Waals surface area (Å²) < 4.78 is 61.4. The molecule has 2 amide bonds. The average Bonchev–Trinajstić information content (AvgIpc) is 0.777. The monoisotopic (exact) mass is 1730 g/mol. The Morgan fingerprint density at radius 1 is 0.333 bits per heavy atom. The quantitative estimate of drug-likeness (QED) is 0.0121. The van der Waals surface area contributed by atoms with E-state index in [1.807, 2.05) is 0 Å². The molecule has 706 valence electrons.